The third kappa shape index (κ3) is 2.48. The molecule has 0 aromatic rings. The van der Waals surface area contributed by atoms with Gasteiger partial charge in [-0.3, -0.25) is 4.90 Å². The van der Waals surface area contributed by atoms with Gasteiger partial charge < -0.3 is 4.74 Å². The van der Waals surface area contributed by atoms with E-state index in [1.807, 2.05) is 7.11 Å². The Morgan fingerprint density at radius 2 is 2.14 bits per heavy atom. The van der Waals surface area contributed by atoms with Gasteiger partial charge >= 0.3 is 0 Å². The fourth-order valence-electron chi connectivity index (χ4n) is 2.97. The Morgan fingerprint density at radius 1 is 1.43 bits per heavy atom. The first kappa shape index (κ1) is 12.0. The van der Waals surface area contributed by atoms with Gasteiger partial charge in [0.05, 0.1) is 6.61 Å². The van der Waals surface area contributed by atoms with Gasteiger partial charge in [0, 0.05) is 12.6 Å². The van der Waals surface area contributed by atoms with Crippen LogP contribution in [0.15, 0.2) is 0 Å². The van der Waals surface area contributed by atoms with Crippen LogP contribution in [0, 0.1) is 5.92 Å². The van der Waals surface area contributed by atoms with E-state index >= 15 is 0 Å². The molecule has 0 aromatic heterocycles. The van der Waals surface area contributed by atoms with Gasteiger partial charge in [-0.15, -0.1) is 0 Å². The average Bonchev–Trinajstić information content (AvgIpc) is 2.47. The van der Waals surface area contributed by atoms with Crippen molar-refractivity contribution in [1.82, 2.24) is 4.90 Å². The Balaban J connectivity index is 2.68. The normalized spacial score (nSPS) is 28.9. The van der Waals surface area contributed by atoms with Crippen LogP contribution in [-0.4, -0.2) is 37.2 Å². The quantitative estimate of drug-likeness (QED) is 0.674. The summed E-state index contributed by atoms with van der Waals surface area (Å²) in [6.07, 6.45) is 3.92. The maximum atomic E-state index is 5.42. The molecule has 1 rings (SSSR count). The van der Waals surface area contributed by atoms with Crippen LogP contribution in [-0.2, 0) is 4.74 Å². The second-order valence-electron chi connectivity index (χ2n) is 4.94. The second kappa shape index (κ2) is 5.13. The van der Waals surface area contributed by atoms with Gasteiger partial charge in [-0.25, -0.2) is 0 Å². The fraction of sp³-hybridized carbons (Fsp3) is 1.00. The van der Waals surface area contributed by atoms with Crippen molar-refractivity contribution in [1.29, 1.82) is 0 Å². The number of rotatable bonds is 5. The second-order valence-corrected chi connectivity index (χ2v) is 4.94. The molecule has 2 heteroatoms. The molecule has 1 aliphatic rings. The summed E-state index contributed by atoms with van der Waals surface area (Å²) < 4.78 is 5.42. The topological polar surface area (TPSA) is 12.5 Å². The maximum absolute atomic E-state index is 5.42. The van der Waals surface area contributed by atoms with Gasteiger partial charge in [0.1, 0.15) is 0 Å². The summed E-state index contributed by atoms with van der Waals surface area (Å²) in [7, 11) is 1.83. The number of methoxy groups -OCH3 is 1. The van der Waals surface area contributed by atoms with Gasteiger partial charge in [0.2, 0.25) is 0 Å². The van der Waals surface area contributed by atoms with Crippen molar-refractivity contribution in [2.75, 3.05) is 26.8 Å². The highest BCUT2D eigenvalue weighted by Crippen LogP contribution is 2.34. The van der Waals surface area contributed by atoms with Crippen molar-refractivity contribution < 1.29 is 4.74 Å². The minimum absolute atomic E-state index is 0.345. The number of likely N-dealkylation sites (N-methyl/N-ethyl adjacent to an activating group) is 1. The van der Waals surface area contributed by atoms with E-state index in [1.165, 1.54) is 25.8 Å². The molecule has 1 unspecified atom stereocenters. The number of likely N-dealkylation sites (tertiary alicyclic amines) is 1. The number of hydrogen-bond acceptors (Lipinski definition) is 2. The predicted molar refractivity (Wildman–Crippen MR) is 60.5 cm³/mol. The van der Waals surface area contributed by atoms with E-state index in [0.29, 0.717) is 5.54 Å². The number of hydrogen-bond donors (Lipinski definition) is 0. The standard InChI is InChI=1S/C12H25NO/c1-5-13-8-6-7-12(13,10-14-4)9-11(2)3/h11H,5-10H2,1-4H3. The van der Waals surface area contributed by atoms with Crippen LogP contribution in [0.2, 0.25) is 0 Å². The zero-order valence-electron chi connectivity index (χ0n) is 10.2. The van der Waals surface area contributed by atoms with Gasteiger partial charge in [-0.05, 0) is 38.3 Å². The summed E-state index contributed by atoms with van der Waals surface area (Å²) in [4.78, 5) is 2.61. The third-order valence-electron chi connectivity index (χ3n) is 3.32. The lowest BCUT2D eigenvalue weighted by Gasteiger charge is -2.39. The summed E-state index contributed by atoms with van der Waals surface area (Å²) >= 11 is 0. The molecule has 0 aliphatic carbocycles. The number of nitrogens with zero attached hydrogens (tertiary/aromatic N) is 1. The number of ether oxygens (including phenoxy) is 1. The molecular weight excluding hydrogens is 174 g/mol. The van der Waals surface area contributed by atoms with Crippen LogP contribution in [0.4, 0.5) is 0 Å². The minimum atomic E-state index is 0.345. The summed E-state index contributed by atoms with van der Waals surface area (Å²) in [5, 5.41) is 0. The highest BCUT2D eigenvalue weighted by Gasteiger charge is 2.40. The molecule has 2 nitrogen and oxygen atoms in total. The molecule has 1 aliphatic heterocycles. The molecule has 0 saturated carbocycles. The monoisotopic (exact) mass is 199 g/mol. The van der Waals surface area contributed by atoms with Crippen molar-refractivity contribution in [3.8, 4) is 0 Å². The maximum Gasteiger partial charge on any atom is 0.0646 e. The lowest BCUT2D eigenvalue weighted by Crippen LogP contribution is -2.48. The van der Waals surface area contributed by atoms with Crippen LogP contribution in [0.5, 0.6) is 0 Å². The van der Waals surface area contributed by atoms with Crippen molar-refractivity contribution in [2.24, 2.45) is 5.92 Å². The van der Waals surface area contributed by atoms with Crippen molar-refractivity contribution >= 4 is 0 Å². The molecule has 0 aromatic carbocycles. The molecule has 0 amide bonds. The van der Waals surface area contributed by atoms with E-state index < -0.39 is 0 Å². The molecule has 1 saturated heterocycles. The molecule has 0 N–H and O–H groups in total. The van der Waals surface area contributed by atoms with E-state index in [1.54, 1.807) is 0 Å². The Hall–Kier alpha value is -0.0800. The SMILES string of the molecule is CCN1CCCC1(COC)CC(C)C. The first-order chi connectivity index (χ1) is 6.64. The highest BCUT2D eigenvalue weighted by atomic mass is 16.5. The smallest absolute Gasteiger partial charge is 0.0646 e. The first-order valence-corrected chi connectivity index (χ1v) is 5.88. The van der Waals surface area contributed by atoms with E-state index in [9.17, 15) is 0 Å². The highest BCUT2D eigenvalue weighted by molar-refractivity contribution is 4.95. The molecule has 84 valence electrons. The predicted octanol–water partition coefficient (Wildman–Crippen LogP) is 2.53. The Morgan fingerprint density at radius 3 is 2.64 bits per heavy atom. The fourth-order valence-corrected chi connectivity index (χ4v) is 2.97. The zero-order valence-corrected chi connectivity index (χ0v) is 10.2. The Bertz CT molecular complexity index is 170. The van der Waals surface area contributed by atoms with Gasteiger partial charge in [-0.1, -0.05) is 20.8 Å². The lowest BCUT2D eigenvalue weighted by atomic mass is 9.87. The van der Waals surface area contributed by atoms with Crippen molar-refractivity contribution in [3.05, 3.63) is 0 Å². The van der Waals surface area contributed by atoms with Crippen LogP contribution >= 0.6 is 0 Å². The molecule has 0 bridgehead atoms. The van der Waals surface area contributed by atoms with E-state index in [-0.39, 0.29) is 0 Å². The summed E-state index contributed by atoms with van der Waals surface area (Å²) in [5.41, 5.74) is 0.345. The van der Waals surface area contributed by atoms with Gasteiger partial charge in [0.15, 0.2) is 0 Å². The average molecular weight is 199 g/mol. The van der Waals surface area contributed by atoms with Crippen molar-refractivity contribution in [3.63, 3.8) is 0 Å². The molecular formula is C12H25NO. The molecule has 1 heterocycles. The third-order valence-corrected chi connectivity index (χ3v) is 3.32. The van der Waals surface area contributed by atoms with Crippen LogP contribution in [0.1, 0.15) is 40.0 Å². The zero-order chi connectivity index (χ0) is 10.6. The largest absolute Gasteiger partial charge is 0.383 e. The summed E-state index contributed by atoms with van der Waals surface area (Å²) in [5.74, 6) is 0.761. The summed E-state index contributed by atoms with van der Waals surface area (Å²) in [6.45, 7) is 10.2. The summed E-state index contributed by atoms with van der Waals surface area (Å²) in [6, 6.07) is 0. The molecule has 0 radical (unpaired) electrons. The van der Waals surface area contributed by atoms with Crippen molar-refractivity contribution in [2.45, 2.75) is 45.6 Å². The minimum Gasteiger partial charge on any atom is -0.383 e. The van der Waals surface area contributed by atoms with E-state index in [2.05, 4.69) is 25.7 Å². The van der Waals surface area contributed by atoms with Crippen LogP contribution in [0.3, 0.4) is 0 Å². The van der Waals surface area contributed by atoms with Crippen LogP contribution < -0.4 is 0 Å². The molecule has 14 heavy (non-hydrogen) atoms. The van der Waals surface area contributed by atoms with E-state index in [0.717, 1.165) is 19.1 Å². The molecule has 1 atom stereocenters. The molecule has 0 spiro atoms. The molecule has 1 fully saturated rings. The van der Waals surface area contributed by atoms with Crippen LogP contribution in [0.25, 0.3) is 0 Å². The van der Waals surface area contributed by atoms with Gasteiger partial charge in [0.25, 0.3) is 0 Å². The van der Waals surface area contributed by atoms with E-state index in [4.69, 9.17) is 4.74 Å². The van der Waals surface area contributed by atoms with Gasteiger partial charge in [-0.2, -0.15) is 0 Å². The lowest BCUT2D eigenvalue weighted by molar-refractivity contribution is 0.0263. The Kier molecular flexibility index (Phi) is 4.39. The Labute approximate surface area is 88.6 Å². The first-order valence-electron chi connectivity index (χ1n) is 5.88.